The first-order chi connectivity index (χ1) is 25.6. The summed E-state index contributed by atoms with van der Waals surface area (Å²) < 4.78 is 36.5. The number of ether oxygens (including phenoxy) is 6. The number of rotatable bonds is 6. The van der Waals surface area contributed by atoms with Crippen molar-refractivity contribution in [1.82, 2.24) is 0 Å². The standard InChI is InChI=1S/C39H64O15/c1-16-7-10-39(49-15-16)17(2)25-34(54-39)28(44)26-19-6-5-18-11-22(21(42)12-38(18,4)20(19)8-9-37(25,26)3)50-35-32(48)30(46)33(24(14-41)52-35)53-36-31(47)29(45)27(43)23(13-40)51-36/h16-36,40-48H,5-15H2,1-4H3/t16-,17+,18+,19-,20+,21-,22-,23-,24-,25+,26-,27-,28+,29+,30-,31-,32-,33+,34-,35-,36+,37-,38+,39-/m1/s1. The van der Waals surface area contributed by atoms with E-state index < -0.39 is 98.7 Å². The molecule has 4 saturated heterocycles. The molecule has 15 heteroatoms. The largest absolute Gasteiger partial charge is 0.394 e. The highest BCUT2D eigenvalue weighted by Gasteiger charge is 2.72. The number of hydrogen-bond donors (Lipinski definition) is 9. The number of aliphatic hydroxyl groups is 9. The molecule has 8 rings (SSSR count). The average molecular weight is 773 g/mol. The molecule has 24 atom stereocenters. The average Bonchev–Trinajstić information content (AvgIpc) is 3.56. The Bertz CT molecular complexity index is 1330. The first-order valence-electron chi connectivity index (χ1n) is 20.5. The van der Waals surface area contributed by atoms with Crippen LogP contribution in [0.15, 0.2) is 0 Å². The molecular weight excluding hydrogens is 708 g/mol. The van der Waals surface area contributed by atoms with Gasteiger partial charge in [-0.05, 0) is 85.4 Å². The van der Waals surface area contributed by atoms with Crippen LogP contribution in [-0.4, -0.2) is 157 Å². The Hall–Kier alpha value is -0.600. The minimum Gasteiger partial charge on any atom is -0.394 e. The molecule has 15 nitrogen and oxygen atoms in total. The highest BCUT2D eigenvalue weighted by atomic mass is 16.7. The Balaban J connectivity index is 0.925. The normalized spacial score (nSPS) is 60.1. The van der Waals surface area contributed by atoms with E-state index in [-0.39, 0.29) is 40.6 Å². The van der Waals surface area contributed by atoms with Gasteiger partial charge in [-0.15, -0.1) is 0 Å². The van der Waals surface area contributed by atoms with Crippen LogP contribution in [0.5, 0.6) is 0 Å². The Morgan fingerprint density at radius 2 is 1.37 bits per heavy atom. The molecule has 0 unspecified atom stereocenters. The predicted molar refractivity (Wildman–Crippen MR) is 186 cm³/mol. The monoisotopic (exact) mass is 772 g/mol. The lowest BCUT2D eigenvalue weighted by molar-refractivity contribution is -0.366. The molecule has 310 valence electrons. The topological polar surface area (TPSA) is 237 Å². The van der Waals surface area contributed by atoms with E-state index in [0.29, 0.717) is 37.2 Å². The zero-order chi connectivity index (χ0) is 38.6. The molecule has 4 aliphatic carbocycles. The maximum atomic E-state index is 12.1. The van der Waals surface area contributed by atoms with Gasteiger partial charge in [-0.2, -0.15) is 0 Å². The molecule has 0 radical (unpaired) electrons. The van der Waals surface area contributed by atoms with E-state index in [0.717, 1.165) is 38.5 Å². The van der Waals surface area contributed by atoms with Crippen LogP contribution in [0.25, 0.3) is 0 Å². The molecule has 54 heavy (non-hydrogen) atoms. The van der Waals surface area contributed by atoms with E-state index in [4.69, 9.17) is 28.4 Å². The van der Waals surface area contributed by atoms with Crippen LogP contribution in [-0.2, 0) is 28.4 Å². The fraction of sp³-hybridized carbons (Fsp3) is 1.00. The molecule has 0 bridgehead atoms. The van der Waals surface area contributed by atoms with Gasteiger partial charge in [0.05, 0.1) is 44.2 Å². The number of fused-ring (bicyclic) bond motifs is 7. The van der Waals surface area contributed by atoms with E-state index in [2.05, 4.69) is 27.7 Å². The smallest absolute Gasteiger partial charge is 0.187 e. The van der Waals surface area contributed by atoms with E-state index in [9.17, 15) is 46.0 Å². The molecule has 8 fully saturated rings. The number of hydrogen-bond acceptors (Lipinski definition) is 15. The fourth-order valence-corrected chi connectivity index (χ4v) is 13.3. The van der Waals surface area contributed by atoms with Crippen LogP contribution < -0.4 is 0 Å². The van der Waals surface area contributed by atoms with E-state index in [1.165, 1.54) is 0 Å². The van der Waals surface area contributed by atoms with Gasteiger partial charge < -0.3 is 74.4 Å². The first kappa shape index (κ1) is 40.2. The van der Waals surface area contributed by atoms with Crippen LogP contribution in [0, 0.1) is 52.3 Å². The molecule has 4 aliphatic heterocycles. The van der Waals surface area contributed by atoms with Gasteiger partial charge in [-0.3, -0.25) is 0 Å². The van der Waals surface area contributed by atoms with Crippen molar-refractivity contribution >= 4 is 0 Å². The highest BCUT2D eigenvalue weighted by Crippen LogP contribution is 2.71. The van der Waals surface area contributed by atoms with Crippen molar-refractivity contribution in [2.75, 3.05) is 19.8 Å². The minimum atomic E-state index is -1.76. The summed E-state index contributed by atoms with van der Waals surface area (Å²) >= 11 is 0. The molecular formula is C39H64O15. The van der Waals surface area contributed by atoms with E-state index in [1.54, 1.807) is 0 Å². The molecule has 0 aromatic carbocycles. The predicted octanol–water partition coefficient (Wildman–Crippen LogP) is -0.616. The van der Waals surface area contributed by atoms with Crippen molar-refractivity contribution < 1.29 is 74.4 Å². The van der Waals surface area contributed by atoms with Crippen LogP contribution in [0.3, 0.4) is 0 Å². The summed E-state index contributed by atoms with van der Waals surface area (Å²) in [5.74, 6) is 1.19. The summed E-state index contributed by atoms with van der Waals surface area (Å²) in [6, 6.07) is 0. The quantitative estimate of drug-likeness (QED) is 0.153. The maximum Gasteiger partial charge on any atom is 0.187 e. The van der Waals surface area contributed by atoms with Crippen molar-refractivity contribution in [2.45, 2.75) is 171 Å². The lowest BCUT2D eigenvalue weighted by Gasteiger charge is -2.62. The van der Waals surface area contributed by atoms with Gasteiger partial charge in [0, 0.05) is 18.3 Å². The van der Waals surface area contributed by atoms with Gasteiger partial charge in [-0.1, -0.05) is 27.7 Å². The minimum absolute atomic E-state index is 0.0777. The molecule has 4 saturated carbocycles. The van der Waals surface area contributed by atoms with Crippen molar-refractivity contribution in [3.63, 3.8) is 0 Å². The Morgan fingerprint density at radius 3 is 2.06 bits per heavy atom. The second-order valence-electron chi connectivity index (χ2n) is 19.0. The summed E-state index contributed by atoms with van der Waals surface area (Å²) in [5.41, 5.74) is -0.285. The van der Waals surface area contributed by atoms with Crippen LogP contribution in [0.1, 0.15) is 79.1 Å². The van der Waals surface area contributed by atoms with Crippen molar-refractivity contribution in [3.8, 4) is 0 Å². The summed E-state index contributed by atoms with van der Waals surface area (Å²) in [5, 5.41) is 96.6. The maximum absolute atomic E-state index is 12.1. The van der Waals surface area contributed by atoms with Gasteiger partial charge in [0.1, 0.15) is 48.8 Å². The second-order valence-corrected chi connectivity index (χ2v) is 19.0. The Morgan fingerprint density at radius 1 is 0.685 bits per heavy atom. The van der Waals surface area contributed by atoms with Crippen LogP contribution in [0.2, 0.25) is 0 Å². The van der Waals surface area contributed by atoms with Crippen LogP contribution in [0.4, 0.5) is 0 Å². The zero-order valence-electron chi connectivity index (χ0n) is 31.9. The summed E-state index contributed by atoms with van der Waals surface area (Å²) in [6.45, 7) is 8.47. The molecule has 1 spiro atoms. The molecule has 4 heterocycles. The van der Waals surface area contributed by atoms with Crippen molar-refractivity contribution in [3.05, 3.63) is 0 Å². The second kappa shape index (κ2) is 14.6. The SMILES string of the molecule is C[C@@H]1CC[C@@]2(OC1)O[C@H]1[C@@H](O)[C@H]3[C@@H]4CC[C@H]5C[C@@H](O[C@@H]6O[C@H](CO)[C@H](O[C@@H]7O[C@H](CO)[C@@H](O)[C@H](O)[C@H]7O)[C@H](O)[C@H]6O)[C@H](O)C[C@]5(C)[C@H]4CC[C@]3(C)[C@H]1[C@@H]2C. The molecule has 0 aromatic rings. The third-order valence-corrected chi connectivity index (χ3v) is 16.2. The van der Waals surface area contributed by atoms with Crippen LogP contribution >= 0.6 is 0 Å². The summed E-state index contributed by atoms with van der Waals surface area (Å²) in [7, 11) is 0. The van der Waals surface area contributed by atoms with Gasteiger partial charge >= 0.3 is 0 Å². The molecule has 0 amide bonds. The van der Waals surface area contributed by atoms with Crippen molar-refractivity contribution in [1.29, 1.82) is 0 Å². The number of aliphatic hydroxyl groups excluding tert-OH is 9. The fourth-order valence-electron chi connectivity index (χ4n) is 13.3. The summed E-state index contributed by atoms with van der Waals surface area (Å²) in [4.78, 5) is 0. The Labute approximate surface area is 316 Å². The molecule has 0 aromatic heterocycles. The van der Waals surface area contributed by atoms with Gasteiger partial charge in [0.2, 0.25) is 0 Å². The van der Waals surface area contributed by atoms with Gasteiger partial charge in [-0.25, -0.2) is 0 Å². The third kappa shape index (κ3) is 6.09. The lowest BCUT2D eigenvalue weighted by Crippen LogP contribution is -2.65. The van der Waals surface area contributed by atoms with Gasteiger partial charge in [0.15, 0.2) is 18.4 Å². The van der Waals surface area contributed by atoms with E-state index >= 15 is 0 Å². The van der Waals surface area contributed by atoms with Gasteiger partial charge in [0.25, 0.3) is 0 Å². The summed E-state index contributed by atoms with van der Waals surface area (Å²) in [6.07, 6.45) is -11.2. The zero-order valence-corrected chi connectivity index (χ0v) is 31.9. The lowest BCUT2D eigenvalue weighted by atomic mass is 9.44. The molecule has 8 aliphatic rings. The first-order valence-corrected chi connectivity index (χ1v) is 20.5. The third-order valence-electron chi connectivity index (χ3n) is 16.2. The Kier molecular flexibility index (Phi) is 10.9. The highest BCUT2D eigenvalue weighted by molar-refractivity contribution is 5.19. The molecule has 9 N–H and O–H groups in total. The van der Waals surface area contributed by atoms with Crippen molar-refractivity contribution in [2.24, 2.45) is 52.3 Å². The van der Waals surface area contributed by atoms with E-state index in [1.807, 2.05) is 0 Å².